The van der Waals surface area contributed by atoms with Gasteiger partial charge in [-0.05, 0) is 26.7 Å². The van der Waals surface area contributed by atoms with E-state index >= 15 is 0 Å². The van der Waals surface area contributed by atoms with Crippen LogP contribution in [0.4, 0.5) is 4.79 Å². The second-order valence-corrected chi connectivity index (χ2v) is 8.11. The first kappa shape index (κ1) is 16.3. The first-order valence-electron chi connectivity index (χ1n) is 6.99. The number of hydrogen-bond acceptors (Lipinski definition) is 3. The molecule has 1 aliphatic rings. The van der Waals surface area contributed by atoms with Gasteiger partial charge in [0.25, 0.3) is 0 Å². The van der Waals surface area contributed by atoms with Crippen LogP contribution in [0.15, 0.2) is 0 Å². The van der Waals surface area contributed by atoms with Crippen molar-refractivity contribution in [3.8, 4) is 0 Å². The van der Waals surface area contributed by atoms with E-state index in [0.29, 0.717) is 5.92 Å². The van der Waals surface area contributed by atoms with Crippen molar-refractivity contribution in [2.75, 3.05) is 12.3 Å². The van der Waals surface area contributed by atoms with E-state index in [1.165, 1.54) is 0 Å². The lowest BCUT2D eigenvalue weighted by Gasteiger charge is -2.38. The molecule has 1 fully saturated rings. The Hall–Kier alpha value is -0.780. The molecule has 0 aromatic rings. The SMILES string of the molecule is CCC(C)C(C)NC(=O)N1CCS(=O)(=O)C(C)C1C. The van der Waals surface area contributed by atoms with Crippen molar-refractivity contribution < 1.29 is 13.2 Å². The van der Waals surface area contributed by atoms with Crippen molar-refractivity contribution in [1.29, 1.82) is 0 Å². The topological polar surface area (TPSA) is 66.5 Å². The van der Waals surface area contributed by atoms with E-state index in [1.54, 1.807) is 18.7 Å². The van der Waals surface area contributed by atoms with E-state index in [-0.39, 0.29) is 30.4 Å². The van der Waals surface area contributed by atoms with E-state index in [1.807, 2.05) is 6.92 Å². The number of carbonyl (C=O) groups excluding carboxylic acids is 1. The van der Waals surface area contributed by atoms with Gasteiger partial charge in [0.05, 0.1) is 11.0 Å². The summed E-state index contributed by atoms with van der Waals surface area (Å²) in [7, 11) is -3.05. The molecule has 6 heteroatoms. The molecule has 0 aromatic carbocycles. The van der Waals surface area contributed by atoms with Gasteiger partial charge >= 0.3 is 6.03 Å². The van der Waals surface area contributed by atoms with Crippen LogP contribution in [0.25, 0.3) is 0 Å². The lowest BCUT2D eigenvalue weighted by Crippen LogP contribution is -2.58. The molecule has 5 nitrogen and oxygen atoms in total. The van der Waals surface area contributed by atoms with Gasteiger partial charge in [-0.3, -0.25) is 0 Å². The van der Waals surface area contributed by atoms with Gasteiger partial charge in [0, 0.05) is 18.6 Å². The standard InChI is InChI=1S/C13H26N2O3S/c1-6-9(2)10(3)14-13(16)15-7-8-19(17,18)12(5)11(15)4/h9-12H,6-8H2,1-5H3,(H,14,16). The van der Waals surface area contributed by atoms with Gasteiger partial charge in [-0.15, -0.1) is 0 Å². The average molecular weight is 290 g/mol. The molecule has 0 aliphatic carbocycles. The summed E-state index contributed by atoms with van der Waals surface area (Å²) in [5, 5.41) is 2.48. The highest BCUT2D eigenvalue weighted by atomic mass is 32.2. The fourth-order valence-corrected chi connectivity index (χ4v) is 3.80. The van der Waals surface area contributed by atoms with Crippen LogP contribution >= 0.6 is 0 Å². The first-order valence-corrected chi connectivity index (χ1v) is 8.71. The molecule has 112 valence electrons. The maximum atomic E-state index is 12.2. The van der Waals surface area contributed by atoms with Gasteiger partial charge in [0.15, 0.2) is 9.84 Å². The molecule has 1 N–H and O–H groups in total. The van der Waals surface area contributed by atoms with Gasteiger partial charge in [0.1, 0.15) is 0 Å². The van der Waals surface area contributed by atoms with Crippen LogP contribution < -0.4 is 5.32 Å². The summed E-state index contributed by atoms with van der Waals surface area (Å²) in [6.07, 6.45) is 1.00. The molecule has 1 saturated heterocycles. The van der Waals surface area contributed by atoms with Gasteiger partial charge in [-0.2, -0.15) is 0 Å². The van der Waals surface area contributed by atoms with Gasteiger partial charge in [-0.25, -0.2) is 13.2 Å². The maximum Gasteiger partial charge on any atom is 0.317 e. The molecular weight excluding hydrogens is 264 g/mol. The summed E-state index contributed by atoms with van der Waals surface area (Å²) in [5.41, 5.74) is 0. The Kier molecular flexibility index (Phi) is 5.24. The highest BCUT2D eigenvalue weighted by molar-refractivity contribution is 7.92. The second kappa shape index (κ2) is 6.11. The Morgan fingerprint density at radius 1 is 1.37 bits per heavy atom. The molecule has 4 unspecified atom stereocenters. The summed E-state index contributed by atoms with van der Waals surface area (Å²) in [6.45, 7) is 9.93. The molecule has 0 bridgehead atoms. The quantitative estimate of drug-likeness (QED) is 0.859. The minimum atomic E-state index is -3.05. The third-order valence-corrected chi connectivity index (χ3v) is 6.74. The Morgan fingerprint density at radius 2 is 1.95 bits per heavy atom. The molecule has 1 rings (SSSR count). The zero-order valence-corrected chi connectivity index (χ0v) is 13.3. The van der Waals surface area contributed by atoms with Crippen molar-refractivity contribution in [2.24, 2.45) is 5.92 Å². The molecule has 4 atom stereocenters. The van der Waals surface area contributed by atoms with E-state index in [4.69, 9.17) is 0 Å². The number of carbonyl (C=O) groups is 1. The average Bonchev–Trinajstić information content (AvgIpc) is 2.34. The van der Waals surface area contributed by atoms with Crippen LogP contribution in [-0.2, 0) is 9.84 Å². The van der Waals surface area contributed by atoms with Crippen molar-refractivity contribution in [1.82, 2.24) is 10.2 Å². The minimum absolute atomic E-state index is 0.0592. The third kappa shape index (κ3) is 3.61. The van der Waals surface area contributed by atoms with E-state index in [0.717, 1.165) is 6.42 Å². The molecule has 0 spiro atoms. The number of amides is 2. The van der Waals surface area contributed by atoms with Crippen molar-refractivity contribution in [2.45, 2.75) is 58.4 Å². The summed E-state index contributed by atoms with van der Waals surface area (Å²) in [4.78, 5) is 13.9. The van der Waals surface area contributed by atoms with Crippen LogP contribution in [0.1, 0.15) is 41.0 Å². The predicted octanol–water partition coefficient (Wildman–Crippen LogP) is 1.64. The zero-order valence-electron chi connectivity index (χ0n) is 12.5. The monoisotopic (exact) mass is 290 g/mol. The molecule has 19 heavy (non-hydrogen) atoms. The highest BCUT2D eigenvalue weighted by Gasteiger charge is 2.38. The largest absolute Gasteiger partial charge is 0.335 e. The Balaban J connectivity index is 2.69. The molecular formula is C13H26N2O3S. The van der Waals surface area contributed by atoms with Crippen LogP contribution in [0.2, 0.25) is 0 Å². The molecule has 1 aliphatic heterocycles. The van der Waals surface area contributed by atoms with E-state index in [2.05, 4.69) is 19.2 Å². The second-order valence-electron chi connectivity index (χ2n) is 5.63. The van der Waals surface area contributed by atoms with Crippen molar-refractivity contribution in [3.63, 3.8) is 0 Å². The smallest absolute Gasteiger partial charge is 0.317 e. The Labute approximate surface area is 116 Å². The number of hydrogen-bond donors (Lipinski definition) is 1. The van der Waals surface area contributed by atoms with Crippen molar-refractivity contribution >= 4 is 15.9 Å². The number of sulfone groups is 1. The minimum Gasteiger partial charge on any atom is -0.335 e. The fourth-order valence-electron chi connectivity index (χ4n) is 2.23. The summed E-state index contributed by atoms with van der Waals surface area (Å²) in [6, 6.07) is -0.330. The fraction of sp³-hybridized carbons (Fsp3) is 0.923. The molecule has 0 aromatic heterocycles. The van der Waals surface area contributed by atoms with Gasteiger partial charge in [0.2, 0.25) is 0 Å². The summed E-state index contributed by atoms with van der Waals surface area (Å²) >= 11 is 0. The van der Waals surface area contributed by atoms with Crippen LogP contribution in [0.3, 0.4) is 0 Å². The third-order valence-electron chi connectivity index (χ3n) is 4.46. The lowest BCUT2D eigenvalue weighted by atomic mass is 10.0. The maximum absolute atomic E-state index is 12.2. The Morgan fingerprint density at radius 3 is 2.47 bits per heavy atom. The zero-order chi connectivity index (χ0) is 14.8. The van der Waals surface area contributed by atoms with Crippen LogP contribution in [-0.4, -0.2) is 49.0 Å². The Bertz CT molecular complexity index is 422. The van der Waals surface area contributed by atoms with E-state index in [9.17, 15) is 13.2 Å². The summed E-state index contributed by atoms with van der Waals surface area (Å²) in [5.74, 6) is 0.467. The normalized spacial score (nSPS) is 29.6. The van der Waals surface area contributed by atoms with Gasteiger partial charge in [-0.1, -0.05) is 20.3 Å². The molecule has 0 radical (unpaired) electrons. The number of nitrogens with zero attached hydrogens (tertiary/aromatic N) is 1. The lowest BCUT2D eigenvalue weighted by molar-refractivity contribution is 0.171. The number of rotatable bonds is 3. The van der Waals surface area contributed by atoms with E-state index < -0.39 is 15.1 Å². The molecule has 0 saturated carbocycles. The number of urea groups is 1. The van der Waals surface area contributed by atoms with Crippen LogP contribution in [0.5, 0.6) is 0 Å². The number of nitrogens with one attached hydrogen (secondary N) is 1. The van der Waals surface area contributed by atoms with Crippen molar-refractivity contribution in [3.05, 3.63) is 0 Å². The first-order chi connectivity index (χ1) is 8.70. The summed E-state index contributed by atoms with van der Waals surface area (Å²) < 4.78 is 23.6. The van der Waals surface area contributed by atoms with Crippen LogP contribution in [0, 0.1) is 5.92 Å². The molecule has 1 heterocycles. The predicted molar refractivity (Wildman–Crippen MR) is 76.9 cm³/mol. The molecule has 2 amide bonds. The highest BCUT2D eigenvalue weighted by Crippen LogP contribution is 2.19. The van der Waals surface area contributed by atoms with Gasteiger partial charge < -0.3 is 10.2 Å².